The highest BCUT2D eigenvalue weighted by Gasteiger charge is 2.21. The van der Waals surface area contributed by atoms with Gasteiger partial charge in [0.1, 0.15) is 11.6 Å². The molecule has 3 aromatic rings. The van der Waals surface area contributed by atoms with Crippen molar-refractivity contribution in [2.24, 2.45) is 5.92 Å². The zero-order valence-corrected chi connectivity index (χ0v) is 16.9. The van der Waals surface area contributed by atoms with Gasteiger partial charge < -0.3 is 4.90 Å². The van der Waals surface area contributed by atoms with Crippen molar-refractivity contribution in [2.75, 3.05) is 18.0 Å². The first-order valence-electron chi connectivity index (χ1n) is 10.1. The second-order valence-corrected chi connectivity index (χ2v) is 7.86. The van der Waals surface area contributed by atoms with Crippen molar-refractivity contribution in [1.29, 1.82) is 0 Å². The van der Waals surface area contributed by atoms with Gasteiger partial charge in [-0.25, -0.2) is 15.0 Å². The minimum absolute atomic E-state index is 0.0151. The van der Waals surface area contributed by atoms with Crippen molar-refractivity contribution in [3.8, 4) is 11.3 Å². The predicted molar refractivity (Wildman–Crippen MR) is 113 cm³/mol. The number of anilines is 1. The molecule has 0 aromatic carbocycles. The summed E-state index contributed by atoms with van der Waals surface area (Å²) in [6.07, 6.45) is 8.99. The molecule has 7 nitrogen and oxygen atoms in total. The number of aromatic nitrogens is 5. The number of nitrogens with zero attached hydrogens (tertiary/aromatic N) is 6. The lowest BCUT2D eigenvalue weighted by molar-refractivity contribution is 0.350. The van der Waals surface area contributed by atoms with Crippen LogP contribution in [0.15, 0.2) is 54.0 Å². The van der Waals surface area contributed by atoms with Crippen LogP contribution in [-0.2, 0) is 6.54 Å². The molecule has 1 aliphatic heterocycles. The fraction of sp³-hybridized carbons (Fsp3) is 0.409. The van der Waals surface area contributed by atoms with Gasteiger partial charge in [0.25, 0.3) is 5.56 Å². The molecule has 1 fully saturated rings. The zero-order chi connectivity index (χ0) is 20.2. The fourth-order valence-corrected chi connectivity index (χ4v) is 3.68. The second kappa shape index (κ2) is 8.51. The van der Waals surface area contributed by atoms with E-state index in [9.17, 15) is 4.79 Å². The Labute approximate surface area is 170 Å². The molecule has 1 saturated heterocycles. The quantitative estimate of drug-likeness (QED) is 0.666. The van der Waals surface area contributed by atoms with Gasteiger partial charge in [-0.1, -0.05) is 13.8 Å². The largest absolute Gasteiger partial charge is 0.356 e. The molecule has 4 rings (SSSR count). The van der Waals surface area contributed by atoms with Gasteiger partial charge in [0, 0.05) is 55.8 Å². The van der Waals surface area contributed by atoms with E-state index in [1.165, 1.54) is 0 Å². The molecule has 29 heavy (non-hydrogen) atoms. The van der Waals surface area contributed by atoms with Crippen LogP contribution in [0.1, 0.15) is 38.4 Å². The third-order valence-electron chi connectivity index (χ3n) is 5.41. The van der Waals surface area contributed by atoms with E-state index >= 15 is 0 Å². The SMILES string of the molecule is CC(C)c1nccc(N2CCC(Cn3cnc(-c4cccnc4)cc3=O)CC2)n1. The highest BCUT2D eigenvalue weighted by atomic mass is 16.1. The summed E-state index contributed by atoms with van der Waals surface area (Å²) < 4.78 is 1.72. The van der Waals surface area contributed by atoms with Crippen LogP contribution in [0.5, 0.6) is 0 Å². The molecule has 4 heterocycles. The number of piperidine rings is 1. The van der Waals surface area contributed by atoms with Gasteiger partial charge in [-0.05, 0) is 37.0 Å². The third kappa shape index (κ3) is 4.50. The normalized spacial score (nSPS) is 15.1. The lowest BCUT2D eigenvalue weighted by atomic mass is 9.96. The Morgan fingerprint density at radius 1 is 1.14 bits per heavy atom. The summed E-state index contributed by atoms with van der Waals surface area (Å²) in [5, 5.41) is 0. The molecule has 3 aromatic heterocycles. The van der Waals surface area contributed by atoms with Crippen LogP contribution in [0, 0.1) is 5.92 Å². The van der Waals surface area contributed by atoms with Gasteiger partial charge in [0.15, 0.2) is 0 Å². The van der Waals surface area contributed by atoms with E-state index in [2.05, 4.69) is 33.7 Å². The van der Waals surface area contributed by atoms with Crippen LogP contribution in [-0.4, -0.2) is 37.6 Å². The van der Waals surface area contributed by atoms with Gasteiger partial charge in [-0.3, -0.25) is 14.3 Å². The molecule has 1 aliphatic rings. The third-order valence-corrected chi connectivity index (χ3v) is 5.41. The first-order chi connectivity index (χ1) is 14.1. The fourth-order valence-electron chi connectivity index (χ4n) is 3.68. The lowest BCUT2D eigenvalue weighted by Gasteiger charge is -2.33. The second-order valence-electron chi connectivity index (χ2n) is 7.86. The van der Waals surface area contributed by atoms with Crippen molar-refractivity contribution >= 4 is 5.82 Å². The molecule has 0 aliphatic carbocycles. The average Bonchev–Trinajstić information content (AvgIpc) is 2.76. The lowest BCUT2D eigenvalue weighted by Crippen LogP contribution is -2.37. The molecule has 0 atom stereocenters. The topological polar surface area (TPSA) is 76.8 Å². The highest BCUT2D eigenvalue weighted by Crippen LogP contribution is 2.23. The molecule has 0 amide bonds. The van der Waals surface area contributed by atoms with Crippen molar-refractivity contribution < 1.29 is 0 Å². The van der Waals surface area contributed by atoms with Crippen LogP contribution < -0.4 is 10.5 Å². The average molecular weight is 390 g/mol. The van der Waals surface area contributed by atoms with E-state index in [-0.39, 0.29) is 5.56 Å². The van der Waals surface area contributed by atoms with Crippen molar-refractivity contribution in [3.63, 3.8) is 0 Å². The summed E-state index contributed by atoms with van der Waals surface area (Å²) in [5.41, 5.74) is 1.51. The summed E-state index contributed by atoms with van der Waals surface area (Å²) in [6, 6.07) is 7.34. The van der Waals surface area contributed by atoms with Gasteiger partial charge in [0.2, 0.25) is 0 Å². The minimum Gasteiger partial charge on any atom is -0.356 e. The van der Waals surface area contributed by atoms with Gasteiger partial charge >= 0.3 is 0 Å². The number of rotatable bonds is 5. The van der Waals surface area contributed by atoms with Crippen molar-refractivity contribution in [1.82, 2.24) is 24.5 Å². The van der Waals surface area contributed by atoms with Crippen LogP contribution in [0.3, 0.4) is 0 Å². The Morgan fingerprint density at radius 2 is 1.97 bits per heavy atom. The van der Waals surface area contributed by atoms with Gasteiger partial charge in [-0.15, -0.1) is 0 Å². The van der Waals surface area contributed by atoms with Gasteiger partial charge in [-0.2, -0.15) is 0 Å². The highest BCUT2D eigenvalue weighted by molar-refractivity contribution is 5.56. The number of pyridine rings is 1. The minimum atomic E-state index is -0.0151. The summed E-state index contributed by atoms with van der Waals surface area (Å²) in [6.45, 7) is 6.80. The maximum absolute atomic E-state index is 12.5. The monoisotopic (exact) mass is 390 g/mol. The molecular weight excluding hydrogens is 364 g/mol. The number of hydrogen-bond donors (Lipinski definition) is 0. The first-order valence-corrected chi connectivity index (χ1v) is 10.1. The number of hydrogen-bond acceptors (Lipinski definition) is 6. The Balaban J connectivity index is 1.39. The van der Waals surface area contributed by atoms with Crippen molar-refractivity contribution in [2.45, 2.75) is 39.2 Å². The molecule has 0 N–H and O–H groups in total. The molecular formula is C22H26N6O. The molecule has 0 radical (unpaired) electrons. The smallest absolute Gasteiger partial charge is 0.253 e. The maximum Gasteiger partial charge on any atom is 0.253 e. The van der Waals surface area contributed by atoms with E-state index in [1.807, 2.05) is 24.4 Å². The molecule has 0 spiro atoms. The standard InChI is InChI=1S/C22H26N6O/c1-16(2)22-24-9-5-20(26-22)27-10-6-17(7-11-27)14-28-15-25-19(12-21(28)29)18-4-3-8-23-13-18/h3-5,8-9,12-13,15-17H,6-7,10-11,14H2,1-2H3. The molecule has 0 unspecified atom stereocenters. The molecule has 7 heteroatoms. The molecule has 150 valence electrons. The Bertz CT molecular complexity index is 1010. The summed E-state index contributed by atoms with van der Waals surface area (Å²) in [4.78, 5) is 32.5. The summed E-state index contributed by atoms with van der Waals surface area (Å²) in [5.74, 6) is 2.67. The zero-order valence-electron chi connectivity index (χ0n) is 16.9. The first kappa shape index (κ1) is 19.2. The van der Waals surface area contributed by atoms with Crippen LogP contribution >= 0.6 is 0 Å². The summed E-state index contributed by atoms with van der Waals surface area (Å²) in [7, 11) is 0. The predicted octanol–water partition coefficient (Wildman–Crippen LogP) is 3.14. The Kier molecular flexibility index (Phi) is 5.64. The van der Waals surface area contributed by atoms with E-state index in [0.29, 0.717) is 24.1 Å². The summed E-state index contributed by atoms with van der Waals surface area (Å²) >= 11 is 0. The van der Waals surface area contributed by atoms with Crippen molar-refractivity contribution in [3.05, 3.63) is 65.4 Å². The Morgan fingerprint density at radius 3 is 2.66 bits per heavy atom. The van der Waals surface area contributed by atoms with Crippen LogP contribution in [0.2, 0.25) is 0 Å². The van der Waals surface area contributed by atoms with E-state index < -0.39 is 0 Å². The van der Waals surface area contributed by atoms with E-state index in [0.717, 1.165) is 43.1 Å². The van der Waals surface area contributed by atoms with E-state index in [1.54, 1.807) is 29.4 Å². The maximum atomic E-state index is 12.5. The molecule has 0 bridgehead atoms. The van der Waals surface area contributed by atoms with Gasteiger partial charge in [0.05, 0.1) is 12.0 Å². The Hall–Kier alpha value is -3.09. The van der Waals surface area contributed by atoms with Crippen LogP contribution in [0.25, 0.3) is 11.3 Å². The van der Waals surface area contributed by atoms with E-state index in [4.69, 9.17) is 4.98 Å². The molecule has 0 saturated carbocycles. The van der Waals surface area contributed by atoms with Crippen LogP contribution in [0.4, 0.5) is 5.82 Å².